The molecule has 0 aliphatic carbocycles. The third-order valence-electron chi connectivity index (χ3n) is 3.06. The summed E-state index contributed by atoms with van der Waals surface area (Å²) in [5.41, 5.74) is 1.04. The summed E-state index contributed by atoms with van der Waals surface area (Å²) in [5, 5.41) is 0. The number of rotatable bonds is 4. The number of ether oxygens (including phenoxy) is 1. The molecule has 1 heterocycles. The average Bonchev–Trinajstić information content (AvgIpc) is 2.40. The van der Waals surface area contributed by atoms with Gasteiger partial charge in [0.25, 0.3) is 0 Å². The van der Waals surface area contributed by atoms with Crippen LogP contribution in [0.25, 0.3) is 0 Å². The number of nitrogens with zero attached hydrogens (tertiary/aromatic N) is 1. The van der Waals surface area contributed by atoms with Crippen molar-refractivity contribution < 1.29 is 13.2 Å². The predicted octanol–water partition coefficient (Wildman–Crippen LogP) is 1.80. The van der Waals surface area contributed by atoms with Gasteiger partial charge in [0.1, 0.15) is 0 Å². The largest absolute Gasteiger partial charge is 0.371 e. The molecule has 1 aliphatic heterocycles. The van der Waals surface area contributed by atoms with Crippen molar-refractivity contribution in [3.05, 3.63) is 35.9 Å². The topological polar surface area (TPSA) is 46.6 Å². The minimum Gasteiger partial charge on any atom is -0.371 e. The first-order chi connectivity index (χ1) is 8.63. The molecule has 5 heteroatoms. The highest BCUT2D eigenvalue weighted by Gasteiger charge is 2.29. The van der Waals surface area contributed by atoms with Gasteiger partial charge < -0.3 is 4.74 Å². The molecule has 0 spiro atoms. The Morgan fingerprint density at radius 3 is 2.72 bits per heavy atom. The summed E-state index contributed by atoms with van der Waals surface area (Å²) in [4.78, 5) is 0. The Kier molecular flexibility index (Phi) is 4.37. The molecule has 1 aromatic carbocycles. The standard InChI is InChI=1S/C13H19NO3S/c1-2-10-18(15,16)14-8-9-17-13(11-14)12-6-4-3-5-7-12/h3-7,13H,2,8-11H2,1H3. The molecule has 1 saturated heterocycles. The summed E-state index contributed by atoms with van der Waals surface area (Å²) in [6, 6.07) is 9.77. The first-order valence-electron chi connectivity index (χ1n) is 6.28. The Morgan fingerprint density at radius 2 is 2.06 bits per heavy atom. The van der Waals surface area contributed by atoms with Crippen LogP contribution in [0.1, 0.15) is 25.0 Å². The van der Waals surface area contributed by atoms with Crippen LogP contribution in [0, 0.1) is 0 Å². The van der Waals surface area contributed by atoms with Crippen LogP contribution < -0.4 is 0 Å². The maximum absolute atomic E-state index is 12.0. The van der Waals surface area contributed by atoms with E-state index < -0.39 is 10.0 Å². The lowest BCUT2D eigenvalue weighted by Crippen LogP contribution is -2.43. The fraction of sp³-hybridized carbons (Fsp3) is 0.538. The molecule has 1 aromatic rings. The molecule has 1 atom stereocenters. The molecule has 0 aromatic heterocycles. The van der Waals surface area contributed by atoms with Gasteiger partial charge in [-0.25, -0.2) is 8.42 Å². The van der Waals surface area contributed by atoms with Crippen molar-refractivity contribution in [3.63, 3.8) is 0 Å². The van der Waals surface area contributed by atoms with Crippen molar-refractivity contribution in [2.75, 3.05) is 25.4 Å². The van der Waals surface area contributed by atoms with Gasteiger partial charge in [0, 0.05) is 13.1 Å². The maximum atomic E-state index is 12.0. The van der Waals surface area contributed by atoms with Gasteiger partial charge in [0.05, 0.1) is 18.5 Å². The van der Waals surface area contributed by atoms with Gasteiger partial charge in [-0.2, -0.15) is 4.31 Å². The highest BCUT2D eigenvalue weighted by molar-refractivity contribution is 7.89. The summed E-state index contributed by atoms with van der Waals surface area (Å²) in [6.45, 7) is 3.23. The molecule has 0 saturated carbocycles. The smallest absolute Gasteiger partial charge is 0.214 e. The Balaban J connectivity index is 2.10. The molecule has 1 aliphatic rings. The van der Waals surface area contributed by atoms with Crippen LogP contribution in [-0.2, 0) is 14.8 Å². The minimum atomic E-state index is -3.12. The van der Waals surface area contributed by atoms with E-state index in [2.05, 4.69) is 0 Å². The molecular weight excluding hydrogens is 250 g/mol. The number of benzene rings is 1. The molecule has 18 heavy (non-hydrogen) atoms. The van der Waals surface area contributed by atoms with Gasteiger partial charge in [-0.3, -0.25) is 0 Å². The van der Waals surface area contributed by atoms with Crippen molar-refractivity contribution in [1.82, 2.24) is 4.31 Å². The van der Waals surface area contributed by atoms with Gasteiger partial charge in [-0.05, 0) is 12.0 Å². The van der Waals surface area contributed by atoms with Crippen LogP contribution in [0.4, 0.5) is 0 Å². The van der Waals surface area contributed by atoms with E-state index in [-0.39, 0.29) is 11.9 Å². The first-order valence-corrected chi connectivity index (χ1v) is 7.89. The van der Waals surface area contributed by atoms with Gasteiger partial charge >= 0.3 is 0 Å². The van der Waals surface area contributed by atoms with Crippen LogP contribution >= 0.6 is 0 Å². The third kappa shape index (κ3) is 3.10. The predicted molar refractivity (Wildman–Crippen MR) is 70.8 cm³/mol. The van der Waals surface area contributed by atoms with E-state index in [4.69, 9.17) is 4.74 Å². The Morgan fingerprint density at radius 1 is 1.33 bits per heavy atom. The molecule has 0 radical (unpaired) electrons. The minimum absolute atomic E-state index is 0.147. The summed E-state index contributed by atoms with van der Waals surface area (Å²) in [5.74, 6) is 0.217. The normalized spacial score (nSPS) is 21.9. The summed E-state index contributed by atoms with van der Waals surface area (Å²) < 4.78 is 31.3. The molecule has 100 valence electrons. The number of morpholine rings is 1. The zero-order valence-corrected chi connectivity index (χ0v) is 11.4. The lowest BCUT2D eigenvalue weighted by molar-refractivity contribution is -0.00253. The summed E-state index contributed by atoms with van der Waals surface area (Å²) in [6.07, 6.45) is 0.502. The van der Waals surface area contributed by atoms with Gasteiger partial charge in [-0.15, -0.1) is 0 Å². The van der Waals surface area contributed by atoms with Crippen LogP contribution in [0.2, 0.25) is 0 Å². The lowest BCUT2D eigenvalue weighted by atomic mass is 10.1. The first kappa shape index (κ1) is 13.5. The highest BCUT2D eigenvalue weighted by Crippen LogP contribution is 2.23. The van der Waals surface area contributed by atoms with Gasteiger partial charge in [0.2, 0.25) is 10.0 Å². The van der Waals surface area contributed by atoms with Crippen LogP contribution in [0.15, 0.2) is 30.3 Å². The number of sulfonamides is 1. The maximum Gasteiger partial charge on any atom is 0.214 e. The highest BCUT2D eigenvalue weighted by atomic mass is 32.2. The van der Waals surface area contributed by atoms with Crippen LogP contribution in [0.3, 0.4) is 0 Å². The average molecular weight is 269 g/mol. The molecule has 0 amide bonds. The van der Waals surface area contributed by atoms with E-state index in [1.165, 1.54) is 0 Å². The Hall–Kier alpha value is -0.910. The second-order valence-electron chi connectivity index (χ2n) is 4.44. The fourth-order valence-electron chi connectivity index (χ4n) is 2.13. The second kappa shape index (κ2) is 5.82. The molecule has 1 fully saturated rings. The van der Waals surface area contributed by atoms with Gasteiger partial charge in [0.15, 0.2) is 0 Å². The van der Waals surface area contributed by atoms with Gasteiger partial charge in [-0.1, -0.05) is 37.3 Å². The Labute approximate surface area is 109 Å². The van der Waals surface area contributed by atoms with Crippen molar-refractivity contribution in [1.29, 1.82) is 0 Å². The van der Waals surface area contributed by atoms with Crippen molar-refractivity contribution in [3.8, 4) is 0 Å². The molecule has 4 nitrogen and oxygen atoms in total. The molecule has 2 rings (SSSR count). The third-order valence-corrected chi connectivity index (χ3v) is 5.10. The van der Waals surface area contributed by atoms with Crippen molar-refractivity contribution in [2.24, 2.45) is 0 Å². The summed E-state index contributed by atoms with van der Waals surface area (Å²) in [7, 11) is -3.12. The zero-order valence-electron chi connectivity index (χ0n) is 10.6. The van der Waals surface area contributed by atoms with E-state index in [1.807, 2.05) is 37.3 Å². The van der Waals surface area contributed by atoms with Crippen LogP contribution in [0.5, 0.6) is 0 Å². The molecule has 1 unspecified atom stereocenters. The van der Waals surface area contributed by atoms with E-state index in [0.717, 1.165) is 5.56 Å². The SMILES string of the molecule is CCCS(=O)(=O)N1CCOC(c2ccccc2)C1. The van der Waals surface area contributed by atoms with E-state index in [1.54, 1.807) is 4.31 Å². The monoisotopic (exact) mass is 269 g/mol. The number of hydrogen-bond acceptors (Lipinski definition) is 3. The quantitative estimate of drug-likeness (QED) is 0.837. The van der Waals surface area contributed by atoms with Crippen molar-refractivity contribution >= 4 is 10.0 Å². The van der Waals surface area contributed by atoms with E-state index in [0.29, 0.717) is 26.1 Å². The molecular formula is C13H19NO3S. The van der Waals surface area contributed by atoms with E-state index >= 15 is 0 Å². The molecule has 0 bridgehead atoms. The Bertz CT molecular complexity index is 472. The zero-order chi connectivity index (χ0) is 13.0. The number of hydrogen-bond donors (Lipinski definition) is 0. The van der Waals surface area contributed by atoms with Crippen molar-refractivity contribution in [2.45, 2.75) is 19.4 Å². The fourth-order valence-corrected chi connectivity index (χ4v) is 3.62. The molecule has 0 N–H and O–H groups in total. The lowest BCUT2D eigenvalue weighted by Gasteiger charge is -2.32. The summed E-state index contributed by atoms with van der Waals surface area (Å²) >= 11 is 0. The second-order valence-corrected chi connectivity index (χ2v) is 6.53. The van der Waals surface area contributed by atoms with E-state index in [9.17, 15) is 8.42 Å². The van der Waals surface area contributed by atoms with Crippen LogP contribution in [-0.4, -0.2) is 38.2 Å².